The zero-order chi connectivity index (χ0) is 22.4. The van der Waals surface area contributed by atoms with E-state index in [0.29, 0.717) is 29.7 Å². The standard InChI is InChI=1S/C23H22FN6O2/c1-27-20-18(21(31)28(2)23(27)32)29(14-6-9-15-7-4-3-5-8-15)22-26-25-19(30(20)22)16-10-12-17(24)13-11-16/h3-5,7-8,10-13,18H,6,9,14H2,1-2H3/q+1. The maximum atomic E-state index is 13.5. The minimum atomic E-state index is -0.678. The average Bonchev–Trinajstić information content (AvgIpc) is 3.36. The number of likely N-dealkylation sites (N-methyl/N-ethyl adjacent to an activating group) is 1. The summed E-state index contributed by atoms with van der Waals surface area (Å²) >= 11 is 0. The summed E-state index contributed by atoms with van der Waals surface area (Å²) in [5, 5.41) is 8.68. The summed E-state index contributed by atoms with van der Waals surface area (Å²) < 4.78 is 16.7. The number of imide groups is 1. The van der Waals surface area contributed by atoms with E-state index in [9.17, 15) is 14.0 Å². The highest BCUT2D eigenvalue weighted by atomic mass is 19.1. The number of fused-ring (bicyclic) bond motifs is 3. The molecule has 2 aliphatic rings. The van der Waals surface area contributed by atoms with Gasteiger partial charge >= 0.3 is 11.9 Å². The van der Waals surface area contributed by atoms with Gasteiger partial charge < -0.3 is 4.90 Å². The number of rotatable bonds is 5. The van der Waals surface area contributed by atoms with Crippen LogP contribution >= 0.6 is 0 Å². The largest absolute Gasteiger partial charge is 0.445 e. The normalized spacial score (nSPS) is 17.8. The van der Waals surface area contributed by atoms with Gasteiger partial charge in [0.05, 0.1) is 14.1 Å². The van der Waals surface area contributed by atoms with E-state index in [4.69, 9.17) is 0 Å². The molecule has 0 radical (unpaired) electrons. The van der Waals surface area contributed by atoms with Crippen LogP contribution in [0.5, 0.6) is 0 Å². The van der Waals surface area contributed by atoms with Crippen LogP contribution in [-0.2, 0) is 11.2 Å². The Morgan fingerprint density at radius 2 is 1.75 bits per heavy atom. The van der Waals surface area contributed by atoms with Gasteiger partial charge in [0.2, 0.25) is 17.7 Å². The predicted octanol–water partition coefficient (Wildman–Crippen LogP) is 2.39. The Morgan fingerprint density at radius 1 is 1.03 bits per heavy atom. The third-order valence-electron chi connectivity index (χ3n) is 5.98. The lowest BCUT2D eigenvalue weighted by Crippen LogP contribution is -2.59. The maximum Gasteiger partial charge on any atom is 0.445 e. The molecule has 0 spiro atoms. The molecular weight excluding hydrogens is 411 g/mol. The van der Waals surface area contributed by atoms with Gasteiger partial charge in [0, 0.05) is 12.1 Å². The molecule has 3 amide bonds. The highest BCUT2D eigenvalue weighted by molar-refractivity contribution is 6.18. The number of anilines is 1. The Balaban J connectivity index is 1.56. The lowest BCUT2D eigenvalue weighted by atomic mass is 10.1. The number of amides is 3. The molecule has 0 saturated carbocycles. The number of halogens is 1. The van der Waals surface area contributed by atoms with Gasteiger partial charge in [-0.25, -0.2) is 13.8 Å². The van der Waals surface area contributed by atoms with Gasteiger partial charge in [-0.1, -0.05) is 35.4 Å². The molecule has 1 aromatic heterocycles. The minimum absolute atomic E-state index is 0.307. The molecule has 0 fully saturated rings. The van der Waals surface area contributed by atoms with Crippen molar-refractivity contribution < 1.29 is 18.6 Å². The van der Waals surface area contributed by atoms with Crippen molar-refractivity contribution in [3.8, 4) is 11.4 Å². The zero-order valence-corrected chi connectivity index (χ0v) is 17.8. The molecule has 1 unspecified atom stereocenters. The first-order valence-corrected chi connectivity index (χ1v) is 10.4. The Labute approximate surface area is 184 Å². The van der Waals surface area contributed by atoms with Crippen LogP contribution in [0.3, 0.4) is 0 Å². The van der Waals surface area contributed by atoms with Crippen molar-refractivity contribution in [2.24, 2.45) is 0 Å². The summed E-state index contributed by atoms with van der Waals surface area (Å²) in [7, 11) is 3.12. The summed E-state index contributed by atoms with van der Waals surface area (Å²) in [4.78, 5) is 28.9. The summed E-state index contributed by atoms with van der Waals surface area (Å²) in [6.07, 6.45) is 1.64. The summed E-state index contributed by atoms with van der Waals surface area (Å²) in [6.45, 7) is 0.562. The quantitative estimate of drug-likeness (QED) is 0.578. The van der Waals surface area contributed by atoms with Crippen LogP contribution in [0.25, 0.3) is 11.4 Å². The molecule has 0 aliphatic carbocycles. The second-order valence-electron chi connectivity index (χ2n) is 7.95. The van der Waals surface area contributed by atoms with Crippen molar-refractivity contribution >= 4 is 23.7 Å². The van der Waals surface area contributed by atoms with Gasteiger partial charge in [0.1, 0.15) is 5.82 Å². The van der Waals surface area contributed by atoms with Crippen molar-refractivity contribution in [3.63, 3.8) is 0 Å². The SMILES string of the molecule is CN1C(=O)C2C(=[N+](C)C1=O)n1c(-c3ccc(F)cc3)nnc1N2CCCc1ccccc1. The number of urea groups is 1. The Morgan fingerprint density at radius 3 is 2.47 bits per heavy atom. The van der Waals surface area contributed by atoms with Crippen LogP contribution in [0.15, 0.2) is 54.6 Å². The van der Waals surface area contributed by atoms with E-state index in [-0.39, 0.29) is 11.7 Å². The summed E-state index contributed by atoms with van der Waals surface area (Å²) in [5.41, 5.74) is 1.86. The van der Waals surface area contributed by atoms with E-state index in [1.165, 1.54) is 29.3 Å². The lowest BCUT2D eigenvalue weighted by Gasteiger charge is -2.27. The van der Waals surface area contributed by atoms with Crippen LogP contribution < -0.4 is 4.90 Å². The maximum absolute atomic E-state index is 13.5. The van der Waals surface area contributed by atoms with Crippen LogP contribution in [0.4, 0.5) is 15.1 Å². The highest BCUT2D eigenvalue weighted by Gasteiger charge is 2.55. The van der Waals surface area contributed by atoms with E-state index in [2.05, 4.69) is 22.3 Å². The van der Waals surface area contributed by atoms with Gasteiger partial charge in [-0.3, -0.25) is 4.79 Å². The molecule has 9 heteroatoms. The number of hydrogen-bond acceptors (Lipinski definition) is 5. The van der Waals surface area contributed by atoms with Crippen molar-refractivity contribution in [3.05, 3.63) is 66.0 Å². The molecule has 3 heterocycles. The molecule has 3 aromatic rings. The Hall–Kier alpha value is -3.88. The van der Waals surface area contributed by atoms with Crippen LogP contribution in [0.1, 0.15) is 12.0 Å². The van der Waals surface area contributed by atoms with Crippen LogP contribution in [-0.4, -0.2) is 68.7 Å². The van der Waals surface area contributed by atoms with Gasteiger partial charge in [-0.2, -0.15) is 9.47 Å². The first-order valence-electron chi connectivity index (χ1n) is 10.4. The number of benzene rings is 2. The summed E-state index contributed by atoms with van der Waals surface area (Å²) in [6, 6.07) is 14.9. The van der Waals surface area contributed by atoms with E-state index < -0.39 is 12.1 Å². The van der Waals surface area contributed by atoms with Crippen molar-refractivity contribution in [2.75, 3.05) is 25.5 Å². The van der Waals surface area contributed by atoms with Gasteiger partial charge in [-0.15, -0.1) is 5.10 Å². The number of nitrogens with zero attached hydrogens (tertiary/aromatic N) is 6. The van der Waals surface area contributed by atoms with Crippen LogP contribution in [0, 0.1) is 5.82 Å². The third kappa shape index (κ3) is 3.08. The highest BCUT2D eigenvalue weighted by Crippen LogP contribution is 2.33. The fourth-order valence-corrected chi connectivity index (χ4v) is 4.34. The molecule has 32 heavy (non-hydrogen) atoms. The van der Waals surface area contributed by atoms with Crippen molar-refractivity contribution in [2.45, 2.75) is 18.9 Å². The molecule has 2 aliphatic heterocycles. The second kappa shape index (κ2) is 7.67. The number of hydrogen-bond donors (Lipinski definition) is 0. The average molecular weight is 433 g/mol. The monoisotopic (exact) mass is 433 g/mol. The lowest BCUT2D eigenvalue weighted by molar-refractivity contribution is -0.407. The minimum Gasteiger partial charge on any atom is -0.305 e. The third-order valence-corrected chi connectivity index (χ3v) is 5.98. The molecule has 1 atom stereocenters. The van der Waals surface area contributed by atoms with Gasteiger partial charge in [0.25, 0.3) is 5.95 Å². The van der Waals surface area contributed by atoms with E-state index in [0.717, 1.165) is 17.7 Å². The van der Waals surface area contributed by atoms with E-state index in [1.807, 2.05) is 23.1 Å². The first-order chi connectivity index (χ1) is 15.5. The number of carbonyl (C=O) groups excluding carboxylic acids is 2. The Bertz CT molecular complexity index is 1240. The number of carbonyl (C=O) groups is 2. The summed E-state index contributed by atoms with van der Waals surface area (Å²) in [5.74, 6) is 0.795. The molecule has 0 N–H and O–H groups in total. The zero-order valence-electron chi connectivity index (χ0n) is 17.8. The molecule has 8 nitrogen and oxygen atoms in total. The second-order valence-corrected chi connectivity index (χ2v) is 7.95. The molecule has 2 aromatic carbocycles. The topological polar surface area (TPSA) is 74.3 Å². The van der Waals surface area contributed by atoms with E-state index in [1.54, 1.807) is 23.7 Å². The fraction of sp³-hybridized carbons (Fsp3) is 0.261. The van der Waals surface area contributed by atoms with Gasteiger partial charge in [-0.05, 0) is 42.7 Å². The molecule has 0 bridgehead atoms. The van der Waals surface area contributed by atoms with E-state index >= 15 is 0 Å². The fourth-order valence-electron chi connectivity index (χ4n) is 4.34. The number of aromatic nitrogens is 3. The van der Waals surface area contributed by atoms with Crippen molar-refractivity contribution in [1.29, 1.82) is 0 Å². The van der Waals surface area contributed by atoms with Crippen molar-refractivity contribution in [1.82, 2.24) is 19.7 Å². The molecule has 162 valence electrons. The number of aryl methyl sites for hydroxylation is 1. The molecule has 5 rings (SSSR count). The van der Waals surface area contributed by atoms with Gasteiger partial charge in [0.15, 0.2) is 0 Å². The predicted molar refractivity (Wildman–Crippen MR) is 116 cm³/mol. The van der Waals surface area contributed by atoms with Crippen LogP contribution in [0.2, 0.25) is 0 Å². The first kappa shape index (κ1) is 20.0. The Kier molecular flexibility index (Phi) is 4.80. The smallest absolute Gasteiger partial charge is 0.305 e. The molecule has 0 saturated heterocycles. The molecular formula is C23H22FN6O2+.